The molecule has 0 bridgehead atoms. The predicted molar refractivity (Wildman–Crippen MR) is 95.2 cm³/mol. The summed E-state index contributed by atoms with van der Waals surface area (Å²) in [4.78, 5) is 35.9. The Labute approximate surface area is 154 Å². The molecule has 0 unspecified atom stereocenters. The van der Waals surface area contributed by atoms with Crippen LogP contribution in [0.3, 0.4) is 0 Å². The zero-order valence-electron chi connectivity index (χ0n) is 14.6. The van der Waals surface area contributed by atoms with Crippen molar-refractivity contribution in [1.29, 1.82) is 0 Å². The lowest BCUT2D eigenvalue weighted by molar-refractivity contribution is -0.119. The highest BCUT2D eigenvalue weighted by molar-refractivity contribution is 7.07. The van der Waals surface area contributed by atoms with Gasteiger partial charge in [0, 0.05) is 5.69 Å². The lowest BCUT2D eigenvalue weighted by atomic mass is 10.2. The van der Waals surface area contributed by atoms with Crippen LogP contribution in [0.15, 0.2) is 24.3 Å². The number of aryl methyl sites for hydroxylation is 1. The van der Waals surface area contributed by atoms with Gasteiger partial charge in [-0.15, -0.1) is 5.10 Å². The smallest absolute Gasteiger partial charge is 0.352 e. The first kappa shape index (κ1) is 19.5. The van der Waals surface area contributed by atoms with Crippen LogP contribution in [0.25, 0.3) is 0 Å². The number of ether oxygens (including phenoxy) is 2. The molecule has 8 nitrogen and oxygen atoms in total. The van der Waals surface area contributed by atoms with Gasteiger partial charge in [0.25, 0.3) is 5.91 Å². The molecule has 2 rings (SSSR count). The third-order valence-corrected chi connectivity index (χ3v) is 3.91. The second kappa shape index (κ2) is 9.04. The van der Waals surface area contributed by atoms with Crippen molar-refractivity contribution in [2.24, 2.45) is 0 Å². The molecule has 0 saturated carbocycles. The van der Waals surface area contributed by atoms with Gasteiger partial charge in [-0.1, -0.05) is 11.4 Å². The van der Waals surface area contributed by atoms with E-state index in [1.54, 1.807) is 38.1 Å². The van der Waals surface area contributed by atoms with E-state index in [-0.39, 0.29) is 6.10 Å². The molecule has 1 heterocycles. The number of amides is 1. The summed E-state index contributed by atoms with van der Waals surface area (Å²) in [6.45, 7) is 4.94. The first-order valence-corrected chi connectivity index (χ1v) is 8.77. The maximum Gasteiger partial charge on any atom is 0.352 e. The number of carbonyl (C=O) groups is 3. The number of hydrogen-bond donors (Lipinski definition) is 1. The minimum absolute atomic E-state index is 0.210. The highest BCUT2D eigenvalue weighted by atomic mass is 32.1. The van der Waals surface area contributed by atoms with Crippen molar-refractivity contribution in [3.63, 3.8) is 0 Å². The summed E-state index contributed by atoms with van der Waals surface area (Å²) in [5.74, 6) is -1.55. The van der Waals surface area contributed by atoms with Crippen molar-refractivity contribution >= 4 is 35.1 Å². The minimum atomic E-state index is -0.626. The van der Waals surface area contributed by atoms with Crippen LogP contribution in [-0.4, -0.2) is 40.1 Å². The molecule has 0 radical (unpaired) electrons. The molecular weight excluding hydrogens is 358 g/mol. The van der Waals surface area contributed by atoms with Gasteiger partial charge in [0.15, 0.2) is 11.5 Å². The number of esters is 2. The van der Waals surface area contributed by atoms with Crippen molar-refractivity contribution in [3.8, 4) is 0 Å². The standard InChI is InChI=1S/C17H19N3O5S/c1-4-13-15(26-20-19-13)17(23)24-9-14(21)18-12-7-5-11(6-8-12)16(22)25-10(2)3/h5-8,10H,4,9H2,1-3H3,(H,18,21). The molecule has 0 spiro atoms. The highest BCUT2D eigenvalue weighted by Crippen LogP contribution is 2.13. The average Bonchev–Trinajstić information content (AvgIpc) is 3.08. The monoisotopic (exact) mass is 377 g/mol. The number of hydrogen-bond acceptors (Lipinski definition) is 8. The van der Waals surface area contributed by atoms with Crippen molar-refractivity contribution in [1.82, 2.24) is 9.59 Å². The Kier molecular flexibility index (Phi) is 6.79. The lowest BCUT2D eigenvalue weighted by Gasteiger charge is -2.09. The van der Waals surface area contributed by atoms with E-state index in [0.29, 0.717) is 28.2 Å². The number of nitrogens with zero attached hydrogens (tertiary/aromatic N) is 2. The Bertz CT molecular complexity index is 786. The van der Waals surface area contributed by atoms with Crippen molar-refractivity contribution in [2.75, 3.05) is 11.9 Å². The van der Waals surface area contributed by atoms with Gasteiger partial charge in [-0.3, -0.25) is 4.79 Å². The number of nitrogens with one attached hydrogen (secondary N) is 1. The average molecular weight is 377 g/mol. The van der Waals surface area contributed by atoms with Crippen molar-refractivity contribution in [2.45, 2.75) is 33.3 Å². The Morgan fingerprint density at radius 1 is 1.15 bits per heavy atom. The number of aromatic nitrogens is 2. The topological polar surface area (TPSA) is 107 Å². The number of rotatable bonds is 7. The van der Waals surface area contributed by atoms with E-state index in [1.165, 1.54) is 0 Å². The van der Waals surface area contributed by atoms with Gasteiger partial charge in [0.2, 0.25) is 0 Å². The molecule has 9 heteroatoms. The maximum atomic E-state index is 11.9. The molecule has 0 aliphatic carbocycles. The van der Waals surface area contributed by atoms with E-state index in [4.69, 9.17) is 9.47 Å². The summed E-state index contributed by atoms with van der Waals surface area (Å²) >= 11 is 0.935. The minimum Gasteiger partial charge on any atom is -0.459 e. The van der Waals surface area contributed by atoms with Crippen LogP contribution in [0.2, 0.25) is 0 Å². The maximum absolute atomic E-state index is 11.9. The van der Waals surface area contributed by atoms with Gasteiger partial charge in [0.05, 0.1) is 17.4 Å². The van der Waals surface area contributed by atoms with E-state index in [2.05, 4.69) is 14.9 Å². The summed E-state index contributed by atoms with van der Waals surface area (Å²) in [7, 11) is 0. The Balaban J connectivity index is 1.86. The normalized spacial score (nSPS) is 10.5. The molecule has 0 fully saturated rings. The molecule has 138 valence electrons. The zero-order valence-corrected chi connectivity index (χ0v) is 15.5. The van der Waals surface area contributed by atoms with E-state index in [9.17, 15) is 14.4 Å². The van der Waals surface area contributed by atoms with E-state index in [0.717, 1.165) is 11.5 Å². The molecule has 1 N–H and O–H groups in total. The fourth-order valence-corrected chi connectivity index (χ4v) is 2.61. The van der Waals surface area contributed by atoms with Gasteiger partial charge >= 0.3 is 11.9 Å². The first-order chi connectivity index (χ1) is 12.4. The Morgan fingerprint density at radius 2 is 1.85 bits per heavy atom. The van der Waals surface area contributed by atoms with E-state index >= 15 is 0 Å². The second-order valence-corrected chi connectivity index (χ2v) is 6.31. The molecule has 1 aromatic heterocycles. The van der Waals surface area contributed by atoms with Crippen LogP contribution in [0.5, 0.6) is 0 Å². The van der Waals surface area contributed by atoms with Gasteiger partial charge in [-0.25, -0.2) is 9.59 Å². The van der Waals surface area contributed by atoms with Gasteiger partial charge < -0.3 is 14.8 Å². The third kappa shape index (κ3) is 5.35. The van der Waals surface area contributed by atoms with Crippen LogP contribution in [0.4, 0.5) is 5.69 Å². The third-order valence-electron chi connectivity index (χ3n) is 3.16. The lowest BCUT2D eigenvalue weighted by Crippen LogP contribution is -2.21. The second-order valence-electron chi connectivity index (χ2n) is 5.56. The first-order valence-electron chi connectivity index (χ1n) is 8.00. The fraction of sp³-hybridized carbons (Fsp3) is 0.353. The molecule has 2 aromatic rings. The van der Waals surface area contributed by atoms with E-state index < -0.39 is 24.5 Å². The molecule has 0 aliphatic rings. The van der Waals surface area contributed by atoms with Gasteiger partial charge in [0.1, 0.15) is 0 Å². The molecule has 26 heavy (non-hydrogen) atoms. The number of carbonyl (C=O) groups excluding carboxylic acids is 3. The summed E-state index contributed by atoms with van der Waals surface area (Å²) in [5, 5.41) is 6.40. The largest absolute Gasteiger partial charge is 0.459 e. The molecule has 1 amide bonds. The Morgan fingerprint density at radius 3 is 2.46 bits per heavy atom. The van der Waals surface area contributed by atoms with Gasteiger partial charge in [-0.2, -0.15) is 0 Å². The van der Waals surface area contributed by atoms with E-state index in [1.807, 2.05) is 6.92 Å². The molecule has 1 aromatic carbocycles. The summed E-state index contributed by atoms with van der Waals surface area (Å²) in [5.41, 5.74) is 1.40. The summed E-state index contributed by atoms with van der Waals surface area (Å²) in [6.07, 6.45) is 0.345. The fourth-order valence-electron chi connectivity index (χ4n) is 1.96. The zero-order chi connectivity index (χ0) is 19.1. The molecule has 0 aliphatic heterocycles. The predicted octanol–water partition coefficient (Wildman–Crippen LogP) is 2.46. The van der Waals surface area contributed by atoms with Crippen LogP contribution in [-0.2, 0) is 20.7 Å². The highest BCUT2D eigenvalue weighted by Gasteiger charge is 2.18. The number of anilines is 1. The SMILES string of the molecule is CCc1nnsc1C(=O)OCC(=O)Nc1ccc(C(=O)OC(C)C)cc1. The summed E-state index contributed by atoms with van der Waals surface area (Å²) in [6, 6.07) is 6.23. The van der Waals surface area contributed by atoms with Crippen LogP contribution < -0.4 is 5.32 Å². The van der Waals surface area contributed by atoms with Crippen LogP contribution >= 0.6 is 11.5 Å². The van der Waals surface area contributed by atoms with Crippen molar-refractivity contribution in [3.05, 3.63) is 40.4 Å². The van der Waals surface area contributed by atoms with Crippen LogP contribution in [0.1, 0.15) is 46.5 Å². The number of benzene rings is 1. The summed E-state index contributed by atoms with van der Waals surface area (Å²) < 4.78 is 13.8. The molecule has 0 saturated heterocycles. The van der Waals surface area contributed by atoms with Gasteiger partial charge in [-0.05, 0) is 56.1 Å². The molecular formula is C17H19N3O5S. The molecule has 0 atom stereocenters. The van der Waals surface area contributed by atoms with Crippen molar-refractivity contribution < 1.29 is 23.9 Å². The quantitative estimate of drug-likeness (QED) is 0.739. The van der Waals surface area contributed by atoms with Crippen LogP contribution in [0, 0.1) is 0 Å². The Hall–Kier alpha value is -2.81.